The molecule has 0 spiro atoms. The maximum absolute atomic E-state index is 12.8. The highest BCUT2D eigenvalue weighted by molar-refractivity contribution is 5.97. The van der Waals surface area contributed by atoms with Crippen molar-refractivity contribution in [3.8, 4) is 0 Å². The first-order valence-corrected chi connectivity index (χ1v) is 9.77. The van der Waals surface area contributed by atoms with Crippen molar-refractivity contribution in [3.05, 3.63) is 29.8 Å². The second kappa shape index (κ2) is 7.37. The number of carbonyl (C=O) groups is 2. The number of rotatable bonds is 4. The van der Waals surface area contributed by atoms with E-state index < -0.39 is 0 Å². The van der Waals surface area contributed by atoms with E-state index in [4.69, 9.17) is 0 Å². The number of hydrogen-bond donors (Lipinski definition) is 2. The summed E-state index contributed by atoms with van der Waals surface area (Å²) in [5.74, 6) is 0.837. The Morgan fingerprint density at radius 2 is 1.81 bits per heavy atom. The molecule has 4 rings (SSSR count). The Balaban J connectivity index is 1.32. The van der Waals surface area contributed by atoms with Gasteiger partial charge < -0.3 is 15.5 Å². The first kappa shape index (κ1) is 17.5. The largest absolute Gasteiger partial charge is 0.337 e. The van der Waals surface area contributed by atoms with Crippen molar-refractivity contribution < 1.29 is 9.59 Å². The molecule has 3 unspecified atom stereocenters. The quantitative estimate of drug-likeness (QED) is 0.856. The lowest BCUT2D eigenvalue weighted by molar-refractivity contribution is -0.117. The monoisotopic (exact) mass is 356 g/mol. The highest BCUT2D eigenvalue weighted by atomic mass is 16.2. The molecule has 2 aliphatic heterocycles. The second-order valence-electron chi connectivity index (χ2n) is 7.87. The fourth-order valence-corrected chi connectivity index (χ4v) is 4.07. The van der Waals surface area contributed by atoms with E-state index in [1.807, 2.05) is 29.2 Å². The highest BCUT2D eigenvalue weighted by Crippen LogP contribution is 2.38. The molecule has 26 heavy (non-hydrogen) atoms. The van der Waals surface area contributed by atoms with Crippen LogP contribution in [-0.2, 0) is 4.79 Å². The smallest absolute Gasteiger partial charge is 0.253 e. The number of benzene rings is 1. The number of anilines is 1. The molecular formula is C20H28N4O2. The van der Waals surface area contributed by atoms with Crippen LogP contribution in [0.15, 0.2) is 24.3 Å². The van der Waals surface area contributed by atoms with Crippen LogP contribution in [0.3, 0.4) is 0 Å². The Morgan fingerprint density at radius 3 is 2.46 bits per heavy atom. The van der Waals surface area contributed by atoms with E-state index in [0.717, 1.165) is 57.8 Å². The van der Waals surface area contributed by atoms with E-state index >= 15 is 0 Å². The summed E-state index contributed by atoms with van der Waals surface area (Å²) in [5.41, 5.74) is 1.47. The van der Waals surface area contributed by atoms with Gasteiger partial charge in [-0.2, -0.15) is 0 Å². The summed E-state index contributed by atoms with van der Waals surface area (Å²) in [6.45, 7) is 7.95. The van der Waals surface area contributed by atoms with Crippen molar-refractivity contribution in [3.63, 3.8) is 0 Å². The lowest BCUT2D eigenvalue weighted by atomic mass is 10.1. The van der Waals surface area contributed by atoms with E-state index in [1.165, 1.54) is 0 Å². The van der Waals surface area contributed by atoms with Crippen LogP contribution in [0, 0.1) is 11.8 Å². The number of likely N-dealkylation sites (tertiary alicyclic amines) is 1. The van der Waals surface area contributed by atoms with Crippen LogP contribution in [0.4, 0.5) is 5.69 Å². The zero-order chi connectivity index (χ0) is 18.1. The molecule has 2 heterocycles. The number of hydrogen-bond acceptors (Lipinski definition) is 4. The third-order valence-electron chi connectivity index (χ3n) is 5.96. The van der Waals surface area contributed by atoms with Gasteiger partial charge in [0.1, 0.15) is 0 Å². The molecule has 0 bridgehead atoms. The third-order valence-corrected chi connectivity index (χ3v) is 5.96. The molecule has 3 atom stereocenters. The molecule has 1 aromatic carbocycles. The minimum atomic E-state index is 0.0926. The maximum Gasteiger partial charge on any atom is 0.253 e. The Morgan fingerprint density at radius 1 is 1.12 bits per heavy atom. The van der Waals surface area contributed by atoms with E-state index in [-0.39, 0.29) is 17.7 Å². The lowest BCUT2D eigenvalue weighted by Gasteiger charge is -2.32. The number of carbonyl (C=O) groups excluding carboxylic acids is 2. The predicted octanol–water partition coefficient (Wildman–Crippen LogP) is 1.40. The molecule has 6 nitrogen and oxygen atoms in total. The van der Waals surface area contributed by atoms with Crippen molar-refractivity contribution in [2.75, 3.05) is 44.6 Å². The van der Waals surface area contributed by atoms with Gasteiger partial charge in [0.05, 0.1) is 0 Å². The zero-order valence-corrected chi connectivity index (χ0v) is 15.4. The highest BCUT2D eigenvalue weighted by Gasteiger charge is 2.39. The molecule has 2 amide bonds. The van der Waals surface area contributed by atoms with Crippen LogP contribution < -0.4 is 10.6 Å². The molecule has 3 fully saturated rings. The van der Waals surface area contributed by atoms with Crippen molar-refractivity contribution >= 4 is 17.5 Å². The minimum absolute atomic E-state index is 0.0926. The number of piperazine rings is 1. The average molecular weight is 356 g/mol. The minimum Gasteiger partial charge on any atom is -0.337 e. The summed E-state index contributed by atoms with van der Waals surface area (Å²) in [7, 11) is 0. The third kappa shape index (κ3) is 3.76. The van der Waals surface area contributed by atoms with Crippen LogP contribution in [0.25, 0.3) is 0 Å². The Bertz CT molecular complexity index is 669. The van der Waals surface area contributed by atoms with Gasteiger partial charge in [-0.05, 0) is 43.0 Å². The normalized spacial score (nSPS) is 28.8. The molecule has 1 aromatic rings. The van der Waals surface area contributed by atoms with Gasteiger partial charge in [0.15, 0.2) is 0 Å². The molecule has 1 aliphatic carbocycles. The number of nitrogens with zero attached hydrogens (tertiary/aromatic N) is 2. The fraction of sp³-hybridized carbons (Fsp3) is 0.600. The number of nitrogens with one attached hydrogen (secondary N) is 2. The van der Waals surface area contributed by atoms with Gasteiger partial charge in [-0.3, -0.25) is 14.5 Å². The summed E-state index contributed by atoms with van der Waals surface area (Å²) in [6.07, 6.45) is 2.03. The van der Waals surface area contributed by atoms with Gasteiger partial charge in [0.2, 0.25) is 5.91 Å². The van der Waals surface area contributed by atoms with E-state index in [0.29, 0.717) is 17.5 Å². The van der Waals surface area contributed by atoms with Crippen molar-refractivity contribution in [2.24, 2.45) is 11.8 Å². The van der Waals surface area contributed by atoms with Gasteiger partial charge in [-0.15, -0.1) is 0 Å². The van der Waals surface area contributed by atoms with Crippen LogP contribution in [0.5, 0.6) is 0 Å². The second-order valence-corrected chi connectivity index (χ2v) is 7.87. The molecular weight excluding hydrogens is 328 g/mol. The van der Waals surface area contributed by atoms with Gasteiger partial charge in [-0.25, -0.2) is 0 Å². The maximum atomic E-state index is 12.8. The van der Waals surface area contributed by atoms with Gasteiger partial charge >= 0.3 is 0 Å². The topological polar surface area (TPSA) is 64.7 Å². The van der Waals surface area contributed by atoms with E-state index in [9.17, 15) is 9.59 Å². The van der Waals surface area contributed by atoms with Crippen LogP contribution in [0.1, 0.15) is 30.1 Å². The molecule has 1 saturated carbocycles. The fourth-order valence-electron chi connectivity index (χ4n) is 4.07. The summed E-state index contributed by atoms with van der Waals surface area (Å²) < 4.78 is 0. The lowest BCUT2D eigenvalue weighted by Crippen LogP contribution is -2.49. The van der Waals surface area contributed by atoms with E-state index in [1.54, 1.807) is 0 Å². The Kier molecular flexibility index (Phi) is 4.96. The van der Waals surface area contributed by atoms with Gasteiger partial charge in [-0.1, -0.05) is 6.92 Å². The number of amides is 2. The van der Waals surface area contributed by atoms with Crippen LogP contribution in [0.2, 0.25) is 0 Å². The predicted molar refractivity (Wildman–Crippen MR) is 101 cm³/mol. The van der Waals surface area contributed by atoms with Gasteiger partial charge in [0, 0.05) is 62.5 Å². The van der Waals surface area contributed by atoms with Crippen molar-refractivity contribution in [1.82, 2.24) is 15.1 Å². The van der Waals surface area contributed by atoms with Crippen molar-refractivity contribution in [2.45, 2.75) is 25.8 Å². The average Bonchev–Trinajstić information content (AvgIpc) is 3.20. The SMILES string of the molecule is CC1CC1C(=O)Nc1ccc(C(=O)N2CCC(N3CCNCC3)C2)cc1. The summed E-state index contributed by atoms with van der Waals surface area (Å²) in [5, 5.41) is 6.32. The van der Waals surface area contributed by atoms with Gasteiger partial charge in [0.25, 0.3) is 5.91 Å². The molecule has 3 aliphatic rings. The zero-order valence-electron chi connectivity index (χ0n) is 15.4. The molecule has 6 heteroatoms. The summed E-state index contributed by atoms with van der Waals surface area (Å²) in [6, 6.07) is 7.81. The molecule has 2 saturated heterocycles. The first-order valence-electron chi connectivity index (χ1n) is 9.77. The van der Waals surface area contributed by atoms with Crippen LogP contribution >= 0.6 is 0 Å². The Hall–Kier alpha value is -1.92. The first-order chi connectivity index (χ1) is 12.6. The van der Waals surface area contributed by atoms with Crippen molar-refractivity contribution in [1.29, 1.82) is 0 Å². The molecule has 0 aromatic heterocycles. The molecule has 0 radical (unpaired) electrons. The van der Waals surface area contributed by atoms with Crippen LogP contribution in [-0.4, -0.2) is 66.9 Å². The summed E-state index contributed by atoms with van der Waals surface area (Å²) >= 11 is 0. The molecule has 140 valence electrons. The standard InChI is InChI=1S/C20H28N4O2/c1-14-12-18(14)19(25)22-16-4-2-15(3-5-16)20(26)24-9-6-17(13-24)23-10-7-21-8-11-23/h2-5,14,17-18,21H,6-13H2,1H3,(H,22,25). The Labute approximate surface area is 154 Å². The molecule has 2 N–H and O–H groups in total. The van der Waals surface area contributed by atoms with E-state index in [2.05, 4.69) is 22.5 Å². The summed E-state index contributed by atoms with van der Waals surface area (Å²) in [4.78, 5) is 29.2.